The third kappa shape index (κ3) is 6.10. The molecule has 3 rings (SSSR count). The van der Waals surface area contributed by atoms with E-state index in [1.54, 1.807) is 6.07 Å². The van der Waals surface area contributed by atoms with Gasteiger partial charge in [-0.15, -0.1) is 0 Å². The number of hydrogen-bond donors (Lipinski definition) is 3. The van der Waals surface area contributed by atoms with Gasteiger partial charge in [0.25, 0.3) is 0 Å². The monoisotopic (exact) mass is 473 g/mol. The maximum Gasteiger partial charge on any atom is 0.245 e. The Balaban J connectivity index is 1.83. The van der Waals surface area contributed by atoms with Crippen molar-refractivity contribution in [2.45, 2.75) is 40.2 Å². The molecule has 9 heteroatoms. The van der Waals surface area contributed by atoms with Crippen molar-refractivity contribution in [1.82, 2.24) is 15.3 Å². The van der Waals surface area contributed by atoms with Crippen LogP contribution in [0.5, 0.6) is 5.75 Å². The molecule has 8 nitrogen and oxygen atoms in total. The van der Waals surface area contributed by atoms with Gasteiger partial charge in [0.1, 0.15) is 41.7 Å². The molecule has 3 N–H and O–H groups in total. The topological polar surface area (TPSA) is 118 Å². The van der Waals surface area contributed by atoms with Crippen LogP contribution in [0, 0.1) is 20.8 Å². The van der Waals surface area contributed by atoms with Crippen molar-refractivity contribution in [3.8, 4) is 28.5 Å². The number of oxazole rings is 1. The van der Waals surface area contributed by atoms with Crippen LogP contribution in [0.25, 0.3) is 22.7 Å². The van der Waals surface area contributed by atoms with Crippen molar-refractivity contribution < 1.29 is 24.2 Å². The molecule has 0 radical (unpaired) electrons. The van der Waals surface area contributed by atoms with E-state index in [1.807, 2.05) is 45.9 Å². The highest BCUT2D eigenvalue weighted by atomic mass is 35.5. The van der Waals surface area contributed by atoms with Gasteiger partial charge in [-0.3, -0.25) is 4.79 Å². The fourth-order valence-corrected chi connectivity index (χ4v) is 3.78. The van der Waals surface area contributed by atoms with Crippen LogP contribution in [0.4, 0.5) is 0 Å². The Labute approximate surface area is 197 Å². The Morgan fingerprint density at radius 1 is 1.15 bits per heavy atom. The molecule has 3 aromatic rings. The van der Waals surface area contributed by atoms with Crippen LogP contribution in [0.2, 0.25) is 5.15 Å². The maximum atomic E-state index is 11.1. The first-order valence-electron chi connectivity index (χ1n) is 10.7. The van der Waals surface area contributed by atoms with Crippen LogP contribution in [0.1, 0.15) is 29.5 Å². The quantitative estimate of drug-likeness (QED) is 0.407. The van der Waals surface area contributed by atoms with E-state index in [2.05, 4.69) is 10.3 Å². The number of nitrogens with zero attached hydrogens (tertiary/aromatic N) is 2. The first kappa shape index (κ1) is 24.7. The number of benzene rings is 1. The van der Waals surface area contributed by atoms with E-state index >= 15 is 0 Å². The summed E-state index contributed by atoms with van der Waals surface area (Å²) in [5, 5.41) is 21.6. The van der Waals surface area contributed by atoms with E-state index in [9.17, 15) is 9.90 Å². The van der Waals surface area contributed by atoms with Crippen LogP contribution in [0.15, 0.2) is 28.7 Å². The van der Waals surface area contributed by atoms with Crippen molar-refractivity contribution in [2.24, 2.45) is 0 Å². The second-order valence-corrected chi connectivity index (χ2v) is 8.22. The smallest absolute Gasteiger partial charge is 0.245 e. The summed E-state index contributed by atoms with van der Waals surface area (Å²) in [7, 11) is 0. The van der Waals surface area contributed by atoms with Gasteiger partial charge in [0.2, 0.25) is 11.8 Å². The van der Waals surface area contributed by atoms with Gasteiger partial charge in [0.15, 0.2) is 0 Å². The molecular weight excluding hydrogens is 446 g/mol. The number of carbonyl (C=O) groups excluding carboxylic acids is 1. The lowest BCUT2D eigenvalue weighted by atomic mass is 10.0. The Kier molecular flexibility index (Phi) is 8.07. The van der Waals surface area contributed by atoms with Gasteiger partial charge in [-0.1, -0.05) is 18.5 Å². The summed E-state index contributed by atoms with van der Waals surface area (Å²) in [6.07, 6.45) is -0.234. The summed E-state index contributed by atoms with van der Waals surface area (Å²) in [5.74, 6) is 1.36. The molecule has 1 atom stereocenters. The van der Waals surface area contributed by atoms with E-state index in [0.29, 0.717) is 23.2 Å². The van der Waals surface area contributed by atoms with Gasteiger partial charge in [-0.2, -0.15) is 0 Å². The van der Waals surface area contributed by atoms with Gasteiger partial charge >= 0.3 is 0 Å². The molecule has 176 valence electrons. The second kappa shape index (κ2) is 10.8. The zero-order valence-electron chi connectivity index (χ0n) is 19.1. The summed E-state index contributed by atoms with van der Waals surface area (Å²) in [5.41, 5.74) is 4.96. The van der Waals surface area contributed by atoms with Crippen LogP contribution in [-0.2, 0) is 11.2 Å². The molecule has 0 saturated carbocycles. The zero-order valence-corrected chi connectivity index (χ0v) is 19.9. The lowest BCUT2D eigenvalue weighted by Gasteiger charge is -2.17. The number of nitrogens with one attached hydrogen (secondary N) is 1. The molecule has 0 aliphatic heterocycles. The molecule has 0 saturated heterocycles. The molecule has 1 unspecified atom stereocenters. The highest BCUT2D eigenvalue weighted by Gasteiger charge is 2.18. The van der Waals surface area contributed by atoms with Crippen molar-refractivity contribution >= 4 is 17.5 Å². The number of aromatic nitrogens is 2. The largest absolute Gasteiger partial charge is 0.490 e. The Morgan fingerprint density at radius 2 is 1.85 bits per heavy atom. The van der Waals surface area contributed by atoms with E-state index in [4.69, 9.17) is 30.8 Å². The van der Waals surface area contributed by atoms with Crippen LogP contribution >= 0.6 is 11.6 Å². The number of aryl methyl sites for hydroxylation is 4. The number of halogens is 1. The standard InChI is InChI=1S/C24H28ClN3O5/c1-5-19-22(28-24(33-19)17-8-15(4)27-20(25)9-17)16-6-13(2)23(14(3)7-16)32-12-18(30)10-26-21(31)11-29/h6-9,18,29-30H,5,10-12H2,1-4H3,(H,26,31). The van der Waals surface area contributed by atoms with E-state index in [0.717, 1.165) is 39.4 Å². The van der Waals surface area contributed by atoms with Crippen LogP contribution < -0.4 is 10.1 Å². The number of aliphatic hydroxyl groups is 2. The number of carbonyl (C=O) groups is 1. The number of ether oxygens (including phenoxy) is 1. The normalized spacial score (nSPS) is 12.0. The van der Waals surface area contributed by atoms with Crippen molar-refractivity contribution in [1.29, 1.82) is 0 Å². The number of rotatable bonds is 9. The van der Waals surface area contributed by atoms with E-state index in [-0.39, 0.29) is 13.2 Å². The van der Waals surface area contributed by atoms with Crippen molar-refractivity contribution in [3.05, 3.63) is 52.0 Å². The number of pyridine rings is 1. The molecule has 0 aliphatic carbocycles. The highest BCUT2D eigenvalue weighted by molar-refractivity contribution is 6.29. The zero-order chi connectivity index (χ0) is 24.1. The molecule has 1 amide bonds. The van der Waals surface area contributed by atoms with Gasteiger partial charge in [0, 0.05) is 29.8 Å². The fraction of sp³-hybridized carbons (Fsp3) is 0.375. The highest BCUT2D eigenvalue weighted by Crippen LogP contribution is 2.34. The predicted molar refractivity (Wildman–Crippen MR) is 125 cm³/mol. The molecule has 0 bridgehead atoms. The average molecular weight is 474 g/mol. The molecule has 0 spiro atoms. The second-order valence-electron chi connectivity index (χ2n) is 7.83. The van der Waals surface area contributed by atoms with Gasteiger partial charge < -0.3 is 24.7 Å². The minimum Gasteiger partial charge on any atom is -0.490 e. The summed E-state index contributed by atoms with van der Waals surface area (Å²) in [6, 6.07) is 7.54. The van der Waals surface area contributed by atoms with E-state index < -0.39 is 18.6 Å². The van der Waals surface area contributed by atoms with Crippen LogP contribution in [-0.4, -0.2) is 52.0 Å². The minimum atomic E-state index is -0.903. The Bertz CT molecular complexity index is 1100. The molecule has 2 heterocycles. The summed E-state index contributed by atoms with van der Waals surface area (Å²) < 4.78 is 11.9. The first-order valence-corrected chi connectivity index (χ1v) is 11.0. The number of hydrogen-bond acceptors (Lipinski definition) is 7. The summed E-state index contributed by atoms with van der Waals surface area (Å²) in [6.45, 7) is 7.09. The SMILES string of the molecule is CCc1oc(-c2cc(C)nc(Cl)c2)nc1-c1cc(C)c(OCC(O)CNC(=O)CO)c(C)c1. The molecule has 0 aliphatic rings. The average Bonchev–Trinajstić information content (AvgIpc) is 3.20. The Hall–Kier alpha value is -2.94. The third-order valence-electron chi connectivity index (χ3n) is 5.02. The summed E-state index contributed by atoms with van der Waals surface area (Å²) >= 11 is 6.11. The number of aliphatic hydroxyl groups excluding tert-OH is 2. The molecular formula is C24H28ClN3O5. The lowest BCUT2D eigenvalue weighted by molar-refractivity contribution is -0.124. The molecule has 2 aromatic heterocycles. The molecule has 1 aromatic carbocycles. The van der Waals surface area contributed by atoms with Gasteiger partial charge in [-0.25, -0.2) is 9.97 Å². The van der Waals surface area contributed by atoms with Crippen LogP contribution in [0.3, 0.4) is 0 Å². The van der Waals surface area contributed by atoms with Gasteiger partial charge in [0.05, 0.1) is 0 Å². The summed E-state index contributed by atoms with van der Waals surface area (Å²) in [4.78, 5) is 20.0. The van der Waals surface area contributed by atoms with Gasteiger partial charge in [-0.05, 0) is 56.2 Å². The Morgan fingerprint density at radius 3 is 2.45 bits per heavy atom. The fourth-order valence-electron chi connectivity index (χ4n) is 3.53. The van der Waals surface area contributed by atoms with E-state index in [1.165, 1.54) is 0 Å². The van der Waals surface area contributed by atoms with Crippen molar-refractivity contribution in [3.63, 3.8) is 0 Å². The third-order valence-corrected chi connectivity index (χ3v) is 5.21. The number of amides is 1. The first-order chi connectivity index (χ1) is 15.7. The molecule has 33 heavy (non-hydrogen) atoms. The predicted octanol–water partition coefficient (Wildman–Crippen LogP) is 3.39. The lowest BCUT2D eigenvalue weighted by Crippen LogP contribution is -2.36. The van der Waals surface area contributed by atoms with Crippen molar-refractivity contribution in [2.75, 3.05) is 19.8 Å². The molecule has 0 fully saturated rings. The minimum absolute atomic E-state index is 0.00318. The maximum absolute atomic E-state index is 11.1.